The smallest absolute Gasteiger partial charge is 0.193 e. The van der Waals surface area contributed by atoms with Crippen LogP contribution in [0.5, 0.6) is 0 Å². The first-order chi connectivity index (χ1) is 11.7. The molecule has 2 aliphatic rings. The number of benzene rings is 1. The van der Waals surface area contributed by atoms with Crippen molar-refractivity contribution in [3.63, 3.8) is 0 Å². The Hall–Kier alpha value is -1.14. The Morgan fingerprint density at radius 1 is 1.33 bits per heavy atom. The van der Waals surface area contributed by atoms with Crippen molar-refractivity contribution in [3.8, 4) is 0 Å². The molecule has 2 heterocycles. The number of hydrogen-bond donors (Lipinski definition) is 1. The maximum absolute atomic E-state index is 13.6. The summed E-state index contributed by atoms with van der Waals surface area (Å²) in [7, 11) is 1.82. The van der Waals surface area contributed by atoms with Gasteiger partial charge in [0.25, 0.3) is 0 Å². The average molecular weight is 397 g/mol. The van der Waals surface area contributed by atoms with Gasteiger partial charge in [0.1, 0.15) is 5.82 Å². The van der Waals surface area contributed by atoms with Crippen LogP contribution in [0.1, 0.15) is 24.8 Å². The second-order valence-electron chi connectivity index (χ2n) is 6.76. The van der Waals surface area contributed by atoms with Crippen molar-refractivity contribution in [2.24, 2.45) is 10.9 Å². The number of rotatable bonds is 4. The molecule has 24 heavy (non-hydrogen) atoms. The van der Waals surface area contributed by atoms with Gasteiger partial charge in [-0.1, -0.05) is 6.07 Å². The molecule has 4 nitrogen and oxygen atoms in total. The van der Waals surface area contributed by atoms with Crippen LogP contribution in [0.15, 0.2) is 27.7 Å². The van der Waals surface area contributed by atoms with Gasteiger partial charge < -0.3 is 15.1 Å². The van der Waals surface area contributed by atoms with E-state index < -0.39 is 0 Å². The first kappa shape index (κ1) is 17.7. The predicted molar refractivity (Wildman–Crippen MR) is 99.7 cm³/mol. The highest BCUT2D eigenvalue weighted by atomic mass is 79.9. The lowest BCUT2D eigenvalue weighted by molar-refractivity contribution is 0.281. The zero-order valence-corrected chi connectivity index (χ0v) is 15.9. The van der Waals surface area contributed by atoms with E-state index in [1.165, 1.54) is 38.9 Å². The third kappa shape index (κ3) is 4.48. The van der Waals surface area contributed by atoms with Crippen molar-refractivity contribution in [2.75, 3.05) is 39.8 Å². The van der Waals surface area contributed by atoms with Crippen molar-refractivity contribution in [1.82, 2.24) is 15.1 Å². The molecule has 0 aliphatic carbocycles. The normalized spacial score (nSPS) is 22.4. The fourth-order valence-electron chi connectivity index (χ4n) is 3.67. The van der Waals surface area contributed by atoms with Crippen molar-refractivity contribution in [2.45, 2.75) is 25.8 Å². The lowest BCUT2D eigenvalue weighted by atomic mass is 10.1. The van der Waals surface area contributed by atoms with E-state index in [-0.39, 0.29) is 5.82 Å². The lowest BCUT2D eigenvalue weighted by Crippen LogP contribution is -2.40. The molecular weight excluding hydrogens is 371 g/mol. The molecule has 3 rings (SSSR count). The number of nitrogens with zero attached hydrogens (tertiary/aromatic N) is 3. The summed E-state index contributed by atoms with van der Waals surface area (Å²) in [5.41, 5.74) is 0.921. The summed E-state index contributed by atoms with van der Waals surface area (Å²) in [6.07, 6.45) is 3.93. The van der Waals surface area contributed by atoms with Gasteiger partial charge in [0.2, 0.25) is 0 Å². The van der Waals surface area contributed by atoms with Gasteiger partial charge in [0.15, 0.2) is 5.96 Å². The minimum Gasteiger partial charge on any atom is -0.352 e. The molecule has 0 spiro atoms. The van der Waals surface area contributed by atoms with Crippen LogP contribution in [0.4, 0.5) is 4.39 Å². The SMILES string of the molecule is CN=C(NCc1ccc(Br)c(F)c1)N1CCC(CN2CCCC2)C1. The molecule has 0 radical (unpaired) electrons. The molecule has 132 valence electrons. The van der Waals surface area contributed by atoms with Gasteiger partial charge in [-0.2, -0.15) is 0 Å². The van der Waals surface area contributed by atoms with Crippen molar-refractivity contribution in [3.05, 3.63) is 34.1 Å². The molecule has 1 atom stereocenters. The topological polar surface area (TPSA) is 30.9 Å². The Kier molecular flexibility index (Phi) is 6.11. The maximum Gasteiger partial charge on any atom is 0.193 e. The quantitative estimate of drug-likeness (QED) is 0.626. The van der Waals surface area contributed by atoms with Gasteiger partial charge >= 0.3 is 0 Å². The molecule has 1 N–H and O–H groups in total. The lowest BCUT2D eigenvalue weighted by Gasteiger charge is -2.23. The molecule has 6 heteroatoms. The van der Waals surface area contributed by atoms with Crippen LogP contribution < -0.4 is 5.32 Å². The fraction of sp³-hybridized carbons (Fsp3) is 0.611. The van der Waals surface area contributed by atoms with Crippen LogP contribution in [-0.2, 0) is 6.54 Å². The Balaban J connectivity index is 1.50. The third-order valence-corrected chi connectivity index (χ3v) is 5.59. The number of hydrogen-bond acceptors (Lipinski definition) is 2. The van der Waals surface area contributed by atoms with Crippen LogP contribution in [0.3, 0.4) is 0 Å². The Morgan fingerprint density at radius 3 is 2.83 bits per heavy atom. The molecule has 0 aromatic heterocycles. The standard InChI is InChI=1S/C18H26BrFN4/c1-21-18(22-11-14-4-5-16(19)17(20)10-14)24-9-6-15(13-24)12-23-7-2-3-8-23/h4-5,10,15H,2-3,6-9,11-13H2,1H3,(H,21,22). The third-order valence-electron chi connectivity index (χ3n) is 4.95. The van der Waals surface area contributed by atoms with E-state index in [2.05, 4.69) is 36.0 Å². The molecule has 0 bridgehead atoms. The predicted octanol–water partition coefficient (Wildman–Crippen LogP) is 3.08. The van der Waals surface area contributed by atoms with Gasteiger partial charge in [-0.15, -0.1) is 0 Å². The van der Waals surface area contributed by atoms with Crippen molar-refractivity contribution < 1.29 is 4.39 Å². The van der Waals surface area contributed by atoms with E-state index in [1.54, 1.807) is 12.1 Å². The van der Waals surface area contributed by atoms with Gasteiger partial charge in [-0.05, 0) is 71.9 Å². The summed E-state index contributed by atoms with van der Waals surface area (Å²) in [4.78, 5) is 9.33. The van der Waals surface area contributed by atoms with Gasteiger partial charge in [-0.25, -0.2) is 4.39 Å². The number of likely N-dealkylation sites (tertiary alicyclic amines) is 2. The Morgan fingerprint density at radius 2 is 2.12 bits per heavy atom. The van der Waals surface area contributed by atoms with Crippen LogP contribution in [-0.4, -0.2) is 55.5 Å². The molecular formula is C18H26BrFN4. The molecule has 2 fully saturated rings. The number of aliphatic imine (C=N–C) groups is 1. The van der Waals surface area contributed by atoms with Crippen molar-refractivity contribution in [1.29, 1.82) is 0 Å². The van der Waals surface area contributed by atoms with Crippen molar-refractivity contribution >= 4 is 21.9 Å². The van der Waals surface area contributed by atoms with E-state index in [4.69, 9.17) is 0 Å². The highest BCUT2D eigenvalue weighted by Crippen LogP contribution is 2.20. The molecule has 2 aliphatic heterocycles. The molecule has 0 saturated carbocycles. The maximum atomic E-state index is 13.6. The first-order valence-corrected chi connectivity index (χ1v) is 9.57. The summed E-state index contributed by atoms with van der Waals surface area (Å²) in [6.45, 7) is 6.44. The fourth-order valence-corrected chi connectivity index (χ4v) is 3.91. The largest absolute Gasteiger partial charge is 0.352 e. The van der Waals surface area contributed by atoms with Crippen LogP contribution >= 0.6 is 15.9 Å². The first-order valence-electron chi connectivity index (χ1n) is 8.77. The van der Waals surface area contributed by atoms with Crippen LogP contribution in [0.25, 0.3) is 0 Å². The molecule has 1 unspecified atom stereocenters. The molecule has 1 aromatic rings. The molecule has 0 amide bonds. The summed E-state index contributed by atoms with van der Waals surface area (Å²) >= 11 is 3.19. The van der Waals surface area contributed by atoms with Crippen LogP contribution in [0.2, 0.25) is 0 Å². The van der Waals surface area contributed by atoms with Gasteiger partial charge in [-0.3, -0.25) is 4.99 Å². The Labute approximate surface area is 152 Å². The number of nitrogens with one attached hydrogen (secondary N) is 1. The highest BCUT2D eigenvalue weighted by Gasteiger charge is 2.27. The minimum absolute atomic E-state index is 0.226. The zero-order chi connectivity index (χ0) is 16.9. The van der Waals surface area contributed by atoms with Gasteiger partial charge in [0.05, 0.1) is 4.47 Å². The number of guanidine groups is 1. The van der Waals surface area contributed by atoms with E-state index in [9.17, 15) is 4.39 Å². The summed E-state index contributed by atoms with van der Waals surface area (Å²) in [5.74, 6) is 1.42. The molecule has 2 saturated heterocycles. The summed E-state index contributed by atoms with van der Waals surface area (Å²) in [6, 6.07) is 5.23. The van der Waals surface area contributed by atoms with E-state index in [0.29, 0.717) is 11.0 Å². The molecule has 1 aromatic carbocycles. The second kappa shape index (κ2) is 8.30. The second-order valence-corrected chi connectivity index (χ2v) is 7.61. The minimum atomic E-state index is -0.226. The Bertz CT molecular complexity index is 586. The van der Waals surface area contributed by atoms with E-state index in [0.717, 1.165) is 30.5 Å². The van der Waals surface area contributed by atoms with Gasteiger partial charge in [0, 0.05) is 33.2 Å². The summed E-state index contributed by atoms with van der Waals surface area (Å²) in [5, 5.41) is 3.37. The zero-order valence-electron chi connectivity index (χ0n) is 14.3. The monoisotopic (exact) mass is 396 g/mol. The van der Waals surface area contributed by atoms with E-state index >= 15 is 0 Å². The average Bonchev–Trinajstić information content (AvgIpc) is 3.24. The highest BCUT2D eigenvalue weighted by molar-refractivity contribution is 9.10. The summed E-state index contributed by atoms with van der Waals surface area (Å²) < 4.78 is 14.1. The number of halogens is 2. The van der Waals surface area contributed by atoms with Crippen LogP contribution in [0, 0.1) is 11.7 Å². The van der Waals surface area contributed by atoms with E-state index in [1.807, 2.05) is 13.1 Å².